The fraction of sp³-hybridized carbons (Fsp3) is 0.208. The van der Waals surface area contributed by atoms with Crippen molar-refractivity contribution in [3.8, 4) is 5.75 Å². The van der Waals surface area contributed by atoms with Gasteiger partial charge in [0.05, 0.1) is 37.2 Å². The Labute approximate surface area is 198 Å². The lowest BCUT2D eigenvalue weighted by molar-refractivity contribution is 0.102. The van der Waals surface area contributed by atoms with Crippen molar-refractivity contribution >= 4 is 38.9 Å². The van der Waals surface area contributed by atoms with Gasteiger partial charge in [0.25, 0.3) is 5.91 Å². The van der Waals surface area contributed by atoms with Crippen molar-refractivity contribution in [2.24, 2.45) is 0 Å². The first-order valence-electron chi connectivity index (χ1n) is 10.0. The highest BCUT2D eigenvalue weighted by molar-refractivity contribution is 7.92. The largest absolute Gasteiger partial charge is 0.495 e. The maximum Gasteiger partial charge on any atom is 0.255 e. The molecule has 0 unspecified atom stereocenters. The molecule has 0 atom stereocenters. The van der Waals surface area contributed by atoms with Gasteiger partial charge in [-0.25, -0.2) is 8.42 Å². The van der Waals surface area contributed by atoms with Crippen LogP contribution in [-0.2, 0) is 27.9 Å². The monoisotopic (exact) mass is 488 g/mol. The molecule has 7 nitrogen and oxygen atoms in total. The summed E-state index contributed by atoms with van der Waals surface area (Å²) >= 11 is 6.18. The number of halogens is 1. The van der Waals surface area contributed by atoms with Gasteiger partial charge in [0.1, 0.15) is 5.75 Å². The van der Waals surface area contributed by atoms with Crippen LogP contribution >= 0.6 is 11.6 Å². The minimum absolute atomic E-state index is 0.0858. The summed E-state index contributed by atoms with van der Waals surface area (Å²) in [6.07, 6.45) is 1.13. The number of benzene rings is 3. The Bertz CT molecular complexity index is 1230. The van der Waals surface area contributed by atoms with Crippen LogP contribution in [0.2, 0.25) is 5.02 Å². The highest BCUT2D eigenvalue weighted by Crippen LogP contribution is 2.31. The first-order chi connectivity index (χ1) is 15.7. The molecule has 0 radical (unpaired) electrons. The Morgan fingerprint density at radius 3 is 2.33 bits per heavy atom. The van der Waals surface area contributed by atoms with Crippen LogP contribution in [0.3, 0.4) is 0 Å². The van der Waals surface area contributed by atoms with E-state index < -0.39 is 10.0 Å². The SMILES string of the molecule is COCc1cccc(NC(=O)c2ccc(CN(c3ccc(OC)c(Cl)c3)S(C)(=O)=O)cc2)c1. The topological polar surface area (TPSA) is 84.9 Å². The van der Waals surface area contributed by atoms with Gasteiger partial charge in [-0.1, -0.05) is 35.9 Å². The summed E-state index contributed by atoms with van der Waals surface area (Å²) in [5.74, 6) is 0.190. The molecule has 3 rings (SSSR count). The van der Waals surface area contributed by atoms with Crippen molar-refractivity contribution in [1.82, 2.24) is 0 Å². The Morgan fingerprint density at radius 2 is 1.73 bits per heavy atom. The molecule has 0 fully saturated rings. The van der Waals surface area contributed by atoms with E-state index in [0.29, 0.717) is 39.9 Å². The number of carbonyl (C=O) groups is 1. The average Bonchev–Trinajstić information content (AvgIpc) is 2.77. The molecule has 1 N–H and O–H groups in total. The molecule has 0 saturated carbocycles. The van der Waals surface area contributed by atoms with Crippen molar-refractivity contribution in [3.63, 3.8) is 0 Å². The van der Waals surface area contributed by atoms with E-state index in [1.807, 2.05) is 18.2 Å². The summed E-state index contributed by atoms with van der Waals surface area (Å²) in [6, 6.07) is 19.0. The van der Waals surface area contributed by atoms with E-state index in [4.69, 9.17) is 21.1 Å². The highest BCUT2D eigenvalue weighted by Gasteiger charge is 2.19. The Balaban J connectivity index is 1.76. The summed E-state index contributed by atoms with van der Waals surface area (Å²) in [5, 5.41) is 3.17. The van der Waals surface area contributed by atoms with E-state index in [1.54, 1.807) is 55.6 Å². The number of anilines is 2. The first-order valence-corrected chi connectivity index (χ1v) is 12.2. The maximum absolute atomic E-state index is 12.6. The van der Waals surface area contributed by atoms with E-state index in [9.17, 15) is 13.2 Å². The molecule has 0 saturated heterocycles. The molecule has 3 aromatic rings. The van der Waals surface area contributed by atoms with Gasteiger partial charge in [0.15, 0.2) is 0 Å². The van der Waals surface area contributed by atoms with Crippen LogP contribution in [0.5, 0.6) is 5.75 Å². The van der Waals surface area contributed by atoms with Crippen LogP contribution in [0.4, 0.5) is 11.4 Å². The van der Waals surface area contributed by atoms with Crippen LogP contribution in [-0.4, -0.2) is 34.8 Å². The smallest absolute Gasteiger partial charge is 0.255 e. The lowest BCUT2D eigenvalue weighted by Gasteiger charge is -2.23. The number of ether oxygens (including phenoxy) is 2. The summed E-state index contributed by atoms with van der Waals surface area (Å²) in [7, 11) is -0.483. The number of hydrogen-bond acceptors (Lipinski definition) is 5. The highest BCUT2D eigenvalue weighted by atomic mass is 35.5. The van der Waals surface area contributed by atoms with Gasteiger partial charge in [-0.05, 0) is 53.6 Å². The lowest BCUT2D eigenvalue weighted by atomic mass is 10.1. The lowest BCUT2D eigenvalue weighted by Crippen LogP contribution is -2.29. The zero-order valence-corrected chi connectivity index (χ0v) is 20.1. The predicted octanol–water partition coefficient (Wildman–Crippen LogP) is 4.71. The van der Waals surface area contributed by atoms with Crippen LogP contribution in [0, 0.1) is 0 Å². The average molecular weight is 489 g/mol. The molecular formula is C24H25ClN2O5S. The molecule has 1 amide bonds. The van der Waals surface area contributed by atoms with Crippen molar-refractivity contribution in [1.29, 1.82) is 0 Å². The summed E-state index contributed by atoms with van der Waals surface area (Å²) < 4.78 is 36.4. The van der Waals surface area contributed by atoms with Gasteiger partial charge in [-0.2, -0.15) is 0 Å². The van der Waals surface area contributed by atoms with Crippen molar-refractivity contribution in [2.45, 2.75) is 13.2 Å². The Kier molecular flexibility index (Phi) is 7.97. The summed E-state index contributed by atoms with van der Waals surface area (Å²) in [5.41, 5.74) is 3.20. The first kappa shape index (κ1) is 24.6. The molecule has 0 aliphatic rings. The third-order valence-corrected chi connectivity index (χ3v) is 6.30. The molecule has 0 aliphatic heterocycles. The molecule has 33 heavy (non-hydrogen) atoms. The molecular weight excluding hydrogens is 464 g/mol. The molecule has 0 aliphatic carbocycles. The van der Waals surface area contributed by atoms with E-state index in [2.05, 4.69) is 5.32 Å². The van der Waals surface area contributed by atoms with Gasteiger partial charge in [0.2, 0.25) is 10.0 Å². The Morgan fingerprint density at radius 1 is 1.00 bits per heavy atom. The number of sulfonamides is 1. The van der Waals surface area contributed by atoms with E-state index in [1.165, 1.54) is 11.4 Å². The van der Waals surface area contributed by atoms with E-state index in [0.717, 1.165) is 11.8 Å². The maximum atomic E-state index is 12.6. The second kappa shape index (κ2) is 10.7. The number of nitrogens with one attached hydrogen (secondary N) is 1. The summed E-state index contributed by atoms with van der Waals surface area (Å²) in [4.78, 5) is 12.6. The minimum atomic E-state index is -3.58. The number of carbonyl (C=O) groups excluding carboxylic acids is 1. The number of amides is 1. The van der Waals surface area contributed by atoms with Gasteiger partial charge >= 0.3 is 0 Å². The van der Waals surface area contributed by atoms with Crippen LogP contribution in [0.25, 0.3) is 0 Å². The predicted molar refractivity (Wildman–Crippen MR) is 131 cm³/mol. The molecule has 0 bridgehead atoms. The standard InChI is InChI=1S/C24H25ClN2O5S/c1-31-16-18-5-4-6-20(13-18)26-24(28)19-9-7-17(8-10-19)15-27(33(3,29)30)21-11-12-23(32-2)22(25)14-21/h4-14H,15-16H2,1-3H3,(H,26,28). The molecule has 0 heterocycles. The van der Waals surface area contributed by atoms with Gasteiger partial charge < -0.3 is 14.8 Å². The Hall–Kier alpha value is -3.07. The molecule has 174 valence electrons. The number of methoxy groups -OCH3 is 2. The number of rotatable bonds is 9. The fourth-order valence-corrected chi connectivity index (χ4v) is 4.38. The zero-order valence-electron chi connectivity index (χ0n) is 18.5. The quantitative estimate of drug-likeness (QED) is 0.471. The molecule has 0 aromatic heterocycles. The zero-order chi connectivity index (χ0) is 24.0. The van der Waals surface area contributed by atoms with Crippen LogP contribution in [0.1, 0.15) is 21.5 Å². The number of hydrogen-bond donors (Lipinski definition) is 1. The third-order valence-electron chi connectivity index (χ3n) is 4.86. The van der Waals surface area contributed by atoms with Crippen molar-refractivity contribution in [2.75, 3.05) is 30.1 Å². The van der Waals surface area contributed by atoms with E-state index >= 15 is 0 Å². The normalized spacial score (nSPS) is 11.2. The third kappa shape index (κ3) is 6.47. The molecule has 0 spiro atoms. The van der Waals surface area contributed by atoms with E-state index in [-0.39, 0.29) is 12.5 Å². The van der Waals surface area contributed by atoms with Gasteiger partial charge in [-0.15, -0.1) is 0 Å². The van der Waals surface area contributed by atoms with Gasteiger partial charge in [-0.3, -0.25) is 9.10 Å². The van der Waals surface area contributed by atoms with Crippen LogP contribution < -0.4 is 14.4 Å². The fourth-order valence-electron chi connectivity index (χ4n) is 3.25. The van der Waals surface area contributed by atoms with Crippen molar-refractivity contribution in [3.05, 3.63) is 88.4 Å². The second-order valence-corrected chi connectivity index (χ2v) is 9.69. The number of nitrogens with zero attached hydrogens (tertiary/aromatic N) is 1. The summed E-state index contributed by atoms with van der Waals surface area (Å²) in [6.45, 7) is 0.539. The van der Waals surface area contributed by atoms with Crippen molar-refractivity contribution < 1.29 is 22.7 Å². The van der Waals surface area contributed by atoms with Crippen LogP contribution in [0.15, 0.2) is 66.7 Å². The minimum Gasteiger partial charge on any atom is -0.495 e. The molecule has 3 aromatic carbocycles. The second-order valence-electron chi connectivity index (χ2n) is 7.37. The van der Waals surface area contributed by atoms with Gasteiger partial charge in [0, 0.05) is 18.4 Å². The molecule has 9 heteroatoms.